The topological polar surface area (TPSA) is 9.23 Å². The first-order chi connectivity index (χ1) is 5.18. The molecule has 1 nitrogen and oxygen atoms in total. The van der Waals surface area contributed by atoms with Gasteiger partial charge in [0.05, 0.1) is 12.7 Å². The highest BCUT2D eigenvalue weighted by molar-refractivity contribution is 5.13. The summed E-state index contributed by atoms with van der Waals surface area (Å²) in [7, 11) is 0. The number of hydrogen-bond donors (Lipinski definition) is 0. The minimum atomic E-state index is 0.335. The van der Waals surface area contributed by atoms with Crippen LogP contribution in [0.15, 0.2) is 24.3 Å². The Labute approximate surface area is 68.8 Å². The van der Waals surface area contributed by atoms with Gasteiger partial charge in [-0.1, -0.05) is 31.2 Å². The molecule has 1 heterocycles. The van der Waals surface area contributed by atoms with E-state index in [2.05, 4.69) is 19.6 Å². The van der Waals surface area contributed by atoms with Gasteiger partial charge in [0, 0.05) is 0 Å². The third kappa shape index (κ3) is 2.89. The van der Waals surface area contributed by atoms with Crippen LogP contribution in [-0.4, -0.2) is 12.7 Å². The normalized spacial score (nSPS) is 31.5. The molecule has 0 aromatic rings. The largest absolute Gasteiger partial charge is 0.374 e. The lowest BCUT2D eigenvalue weighted by Gasteiger charge is -2.00. The molecule has 1 aliphatic heterocycles. The van der Waals surface area contributed by atoms with E-state index in [4.69, 9.17) is 4.74 Å². The molecule has 62 valence electrons. The van der Waals surface area contributed by atoms with E-state index in [9.17, 15) is 0 Å². The van der Waals surface area contributed by atoms with Gasteiger partial charge in [-0.25, -0.2) is 0 Å². The van der Waals surface area contributed by atoms with Gasteiger partial charge in [-0.3, -0.25) is 0 Å². The number of rotatable bonds is 2. The minimum Gasteiger partial charge on any atom is -0.374 e. The van der Waals surface area contributed by atoms with Crippen molar-refractivity contribution in [2.45, 2.75) is 26.4 Å². The summed E-state index contributed by atoms with van der Waals surface area (Å²) in [6.45, 7) is 8.91. The molecule has 0 N–H and O–H groups in total. The van der Waals surface area contributed by atoms with Gasteiger partial charge in [0.2, 0.25) is 0 Å². The fourth-order valence-electron chi connectivity index (χ4n) is 1.23. The molecule has 11 heavy (non-hydrogen) atoms. The zero-order chi connectivity index (χ0) is 8.27. The number of allylic oxidation sites excluding steroid dienone is 2. The van der Waals surface area contributed by atoms with Gasteiger partial charge in [0.15, 0.2) is 0 Å². The summed E-state index contributed by atoms with van der Waals surface area (Å²) in [4.78, 5) is 0. The molecule has 1 saturated heterocycles. The van der Waals surface area contributed by atoms with Crippen LogP contribution in [0.25, 0.3) is 0 Å². The quantitative estimate of drug-likeness (QED) is 0.552. The molecule has 1 rings (SSSR count). The van der Waals surface area contributed by atoms with E-state index in [1.54, 1.807) is 0 Å². The van der Waals surface area contributed by atoms with Crippen LogP contribution in [0.1, 0.15) is 20.3 Å². The maximum absolute atomic E-state index is 5.49. The van der Waals surface area contributed by atoms with Crippen molar-refractivity contribution in [3.8, 4) is 0 Å². The standard InChI is InChI=1S/C10H16O/c1-8(2)4-5-10-6-9(3)7-11-10/h4-5,9-10H,1,6-7H2,2-3H3/b5-4+/t9-,10-/m1/s1. The second kappa shape index (κ2) is 3.72. The first-order valence-corrected chi connectivity index (χ1v) is 4.14. The van der Waals surface area contributed by atoms with E-state index in [1.165, 1.54) is 0 Å². The third-order valence-corrected chi connectivity index (χ3v) is 1.82. The summed E-state index contributed by atoms with van der Waals surface area (Å²) in [5.74, 6) is 0.717. The van der Waals surface area contributed by atoms with E-state index in [-0.39, 0.29) is 0 Å². The summed E-state index contributed by atoms with van der Waals surface area (Å²) >= 11 is 0. The molecule has 0 saturated carbocycles. The van der Waals surface area contributed by atoms with Crippen LogP contribution in [-0.2, 0) is 4.74 Å². The highest BCUT2D eigenvalue weighted by Gasteiger charge is 2.18. The van der Waals surface area contributed by atoms with Crippen LogP contribution in [0.2, 0.25) is 0 Å². The van der Waals surface area contributed by atoms with Crippen LogP contribution < -0.4 is 0 Å². The van der Waals surface area contributed by atoms with Crippen molar-refractivity contribution in [2.24, 2.45) is 5.92 Å². The Morgan fingerprint density at radius 2 is 2.36 bits per heavy atom. The van der Waals surface area contributed by atoms with Crippen molar-refractivity contribution >= 4 is 0 Å². The number of ether oxygens (including phenoxy) is 1. The zero-order valence-corrected chi connectivity index (χ0v) is 7.34. The van der Waals surface area contributed by atoms with Crippen molar-refractivity contribution in [3.63, 3.8) is 0 Å². The SMILES string of the molecule is C=C(C)/C=C/[C@@H]1C[C@@H](C)CO1. The molecule has 2 atom stereocenters. The molecule has 0 aromatic heterocycles. The van der Waals surface area contributed by atoms with Gasteiger partial charge in [-0.15, -0.1) is 0 Å². The lowest BCUT2D eigenvalue weighted by Crippen LogP contribution is -1.98. The molecule has 0 amide bonds. The smallest absolute Gasteiger partial charge is 0.0762 e. The van der Waals surface area contributed by atoms with Crippen LogP contribution in [0.4, 0.5) is 0 Å². The van der Waals surface area contributed by atoms with E-state index in [0.29, 0.717) is 6.10 Å². The summed E-state index contributed by atoms with van der Waals surface area (Å²) in [5, 5.41) is 0. The minimum absolute atomic E-state index is 0.335. The van der Waals surface area contributed by atoms with Crippen molar-refractivity contribution < 1.29 is 4.74 Å². The van der Waals surface area contributed by atoms with Gasteiger partial charge >= 0.3 is 0 Å². The molecule has 1 aliphatic rings. The Morgan fingerprint density at radius 3 is 2.82 bits per heavy atom. The van der Waals surface area contributed by atoms with E-state index < -0.39 is 0 Å². The molecule has 0 radical (unpaired) electrons. The zero-order valence-electron chi connectivity index (χ0n) is 7.34. The highest BCUT2D eigenvalue weighted by Crippen LogP contribution is 2.19. The van der Waals surface area contributed by atoms with Gasteiger partial charge in [0.25, 0.3) is 0 Å². The Bertz CT molecular complexity index is 170. The molecule has 0 aromatic carbocycles. The van der Waals surface area contributed by atoms with Crippen LogP contribution >= 0.6 is 0 Å². The van der Waals surface area contributed by atoms with Gasteiger partial charge in [-0.2, -0.15) is 0 Å². The number of hydrogen-bond acceptors (Lipinski definition) is 1. The molecular weight excluding hydrogens is 136 g/mol. The van der Waals surface area contributed by atoms with E-state index in [0.717, 1.165) is 24.5 Å². The Balaban J connectivity index is 2.33. The maximum atomic E-state index is 5.49. The summed E-state index contributed by atoms with van der Waals surface area (Å²) in [6, 6.07) is 0. The Kier molecular flexibility index (Phi) is 2.89. The molecule has 0 bridgehead atoms. The summed E-state index contributed by atoms with van der Waals surface area (Å²) in [6.07, 6.45) is 5.62. The van der Waals surface area contributed by atoms with Crippen molar-refractivity contribution in [1.29, 1.82) is 0 Å². The lowest BCUT2D eigenvalue weighted by atomic mass is 10.1. The van der Waals surface area contributed by atoms with E-state index >= 15 is 0 Å². The fraction of sp³-hybridized carbons (Fsp3) is 0.600. The molecular formula is C10H16O. The van der Waals surface area contributed by atoms with Crippen LogP contribution in [0.5, 0.6) is 0 Å². The van der Waals surface area contributed by atoms with Crippen molar-refractivity contribution in [2.75, 3.05) is 6.61 Å². The molecule has 1 heteroatoms. The van der Waals surface area contributed by atoms with Crippen LogP contribution in [0, 0.1) is 5.92 Å². The first-order valence-electron chi connectivity index (χ1n) is 4.14. The highest BCUT2D eigenvalue weighted by atomic mass is 16.5. The lowest BCUT2D eigenvalue weighted by molar-refractivity contribution is 0.140. The average molecular weight is 152 g/mol. The average Bonchev–Trinajstić information content (AvgIpc) is 2.31. The monoisotopic (exact) mass is 152 g/mol. The molecule has 0 aliphatic carbocycles. The molecule has 1 fully saturated rings. The Morgan fingerprint density at radius 1 is 1.64 bits per heavy atom. The second-order valence-corrected chi connectivity index (χ2v) is 3.42. The third-order valence-electron chi connectivity index (χ3n) is 1.82. The van der Waals surface area contributed by atoms with Crippen LogP contribution in [0.3, 0.4) is 0 Å². The second-order valence-electron chi connectivity index (χ2n) is 3.42. The summed E-state index contributed by atoms with van der Waals surface area (Å²) < 4.78 is 5.49. The molecule has 0 unspecified atom stereocenters. The fourth-order valence-corrected chi connectivity index (χ4v) is 1.23. The van der Waals surface area contributed by atoms with Gasteiger partial charge in [0.1, 0.15) is 0 Å². The molecule has 0 spiro atoms. The van der Waals surface area contributed by atoms with Gasteiger partial charge < -0.3 is 4.74 Å². The van der Waals surface area contributed by atoms with E-state index in [1.807, 2.05) is 13.0 Å². The van der Waals surface area contributed by atoms with Crippen molar-refractivity contribution in [1.82, 2.24) is 0 Å². The predicted molar refractivity (Wildman–Crippen MR) is 47.5 cm³/mol. The summed E-state index contributed by atoms with van der Waals surface area (Å²) in [5.41, 5.74) is 1.09. The predicted octanol–water partition coefficient (Wildman–Crippen LogP) is 2.54. The first kappa shape index (κ1) is 8.54. The van der Waals surface area contributed by atoms with Crippen molar-refractivity contribution in [3.05, 3.63) is 24.3 Å². The van der Waals surface area contributed by atoms with Gasteiger partial charge in [-0.05, 0) is 19.3 Å². The maximum Gasteiger partial charge on any atom is 0.0762 e. The Hall–Kier alpha value is -0.560.